The van der Waals surface area contributed by atoms with Gasteiger partial charge in [-0.3, -0.25) is 10.1 Å². The van der Waals surface area contributed by atoms with Crippen LogP contribution in [0.2, 0.25) is 0 Å². The van der Waals surface area contributed by atoms with Crippen LogP contribution in [0, 0.1) is 21.7 Å². The Bertz CT molecular complexity index is 360. The Kier molecular flexibility index (Phi) is 3.71. The van der Waals surface area contributed by atoms with Gasteiger partial charge in [0.25, 0.3) is 0 Å². The third-order valence-corrected chi connectivity index (χ3v) is 1.99. The number of hydrogen-bond donors (Lipinski definition) is 0. The molecule has 1 fully saturated rings. The van der Waals surface area contributed by atoms with Crippen LogP contribution < -0.4 is 0 Å². The smallest absolute Gasteiger partial charge is 0.194 e. The molecule has 0 bridgehead atoms. The second kappa shape index (κ2) is 4.82. The molecule has 2 rings (SSSR count). The minimum atomic E-state index is -0.755. The van der Waals surface area contributed by atoms with Gasteiger partial charge < -0.3 is 0 Å². The lowest BCUT2D eigenvalue weighted by Gasteiger charge is -1.97. The molecule has 0 atom stereocenters. The normalized spacial score (nSPS) is 14.1. The van der Waals surface area contributed by atoms with E-state index in [9.17, 15) is 8.78 Å². The van der Waals surface area contributed by atoms with E-state index in [1.54, 1.807) is 6.07 Å². The van der Waals surface area contributed by atoms with E-state index in [0.717, 1.165) is 25.5 Å². The lowest BCUT2D eigenvalue weighted by atomic mass is 10.1. The van der Waals surface area contributed by atoms with E-state index in [-0.39, 0.29) is 0 Å². The summed E-state index contributed by atoms with van der Waals surface area (Å²) in [5.41, 5.74) is 0.934. The van der Waals surface area contributed by atoms with Crippen LogP contribution in [-0.4, -0.2) is 12.0 Å². The highest BCUT2D eigenvalue weighted by atomic mass is 19.2. The van der Waals surface area contributed by atoms with Gasteiger partial charge in [0, 0.05) is 4.92 Å². The molecule has 0 saturated heterocycles. The van der Waals surface area contributed by atoms with Crippen molar-refractivity contribution >= 4 is 0 Å². The number of nitrogens with zero attached hydrogens (tertiary/aromatic N) is 1. The van der Waals surface area contributed by atoms with Crippen molar-refractivity contribution in [1.29, 1.82) is 0 Å². The minimum absolute atomic E-state index is 0.491. The molecule has 0 aliphatic heterocycles. The van der Waals surface area contributed by atoms with E-state index < -0.39 is 16.6 Å². The Balaban J connectivity index is 0.000000245. The Morgan fingerprint density at radius 3 is 2.27 bits per heavy atom. The van der Waals surface area contributed by atoms with Gasteiger partial charge in [0.05, 0.1) is 0 Å². The molecule has 15 heavy (non-hydrogen) atoms. The summed E-state index contributed by atoms with van der Waals surface area (Å²) in [5, 5.41) is 8.81. The van der Waals surface area contributed by atoms with Crippen LogP contribution in [0.25, 0.3) is 0 Å². The summed E-state index contributed by atoms with van der Waals surface area (Å²) in [6.07, 6.45) is 2.23. The SMILES string of the molecule is C[N+](=O)[O-].Fc1ccc(C2CC2)cc1F. The Morgan fingerprint density at radius 1 is 1.33 bits per heavy atom. The lowest BCUT2D eigenvalue weighted by Crippen LogP contribution is -1.86. The molecule has 0 unspecified atom stereocenters. The Morgan fingerprint density at radius 2 is 1.87 bits per heavy atom. The van der Waals surface area contributed by atoms with Crippen molar-refractivity contribution in [1.82, 2.24) is 0 Å². The van der Waals surface area contributed by atoms with Crippen molar-refractivity contribution in [3.8, 4) is 0 Å². The van der Waals surface area contributed by atoms with Gasteiger partial charge in [-0.25, -0.2) is 8.78 Å². The molecule has 1 saturated carbocycles. The second-order valence-electron chi connectivity index (χ2n) is 3.39. The fraction of sp³-hybridized carbons (Fsp3) is 0.400. The highest BCUT2D eigenvalue weighted by Crippen LogP contribution is 2.40. The van der Waals surface area contributed by atoms with Gasteiger partial charge in [-0.15, -0.1) is 0 Å². The third-order valence-electron chi connectivity index (χ3n) is 1.99. The van der Waals surface area contributed by atoms with E-state index in [1.807, 2.05) is 0 Å². The zero-order chi connectivity index (χ0) is 11.4. The summed E-state index contributed by atoms with van der Waals surface area (Å²) in [6.45, 7) is 0. The molecular formula is C10H11F2NO2. The van der Waals surface area contributed by atoms with Gasteiger partial charge in [-0.1, -0.05) is 6.07 Å². The Hall–Kier alpha value is -1.52. The Labute approximate surface area is 85.9 Å². The van der Waals surface area contributed by atoms with E-state index in [1.165, 1.54) is 12.1 Å². The molecule has 1 aromatic rings. The second-order valence-corrected chi connectivity index (χ2v) is 3.39. The summed E-state index contributed by atoms with van der Waals surface area (Å²) in [5.74, 6) is -0.992. The average Bonchev–Trinajstić information content (AvgIpc) is 2.91. The lowest BCUT2D eigenvalue weighted by molar-refractivity contribution is -0.445. The van der Waals surface area contributed by atoms with Crippen LogP contribution in [0.3, 0.4) is 0 Å². The summed E-state index contributed by atoms with van der Waals surface area (Å²) in [4.78, 5) is 8.31. The molecule has 0 radical (unpaired) electrons. The monoisotopic (exact) mass is 215 g/mol. The molecule has 0 aromatic heterocycles. The maximum atomic E-state index is 12.6. The van der Waals surface area contributed by atoms with Crippen molar-refractivity contribution < 1.29 is 13.7 Å². The molecule has 1 aliphatic rings. The standard InChI is InChI=1S/C9H8F2.CH3NO2/c10-8-4-3-7(5-9(8)11)6-1-2-6;1-2(3)4/h3-6H,1-2H2;1H3. The summed E-state index contributed by atoms with van der Waals surface area (Å²) < 4.78 is 25.0. The maximum absolute atomic E-state index is 12.6. The van der Waals surface area contributed by atoms with E-state index in [0.29, 0.717) is 5.92 Å². The first-order chi connectivity index (χ1) is 7.00. The van der Waals surface area contributed by atoms with Crippen molar-refractivity contribution in [2.24, 2.45) is 0 Å². The number of rotatable bonds is 1. The minimum Gasteiger partial charge on any atom is -0.265 e. The van der Waals surface area contributed by atoms with Crippen molar-refractivity contribution in [3.63, 3.8) is 0 Å². The predicted molar refractivity (Wildman–Crippen MR) is 51.3 cm³/mol. The van der Waals surface area contributed by atoms with E-state index in [2.05, 4.69) is 0 Å². The quantitative estimate of drug-likeness (QED) is 0.534. The van der Waals surface area contributed by atoms with Gasteiger partial charge in [0.15, 0.2) is 18.7 Å². The zero-order valence-corrected chi connectivity index (χ0v) is 8.24. The van der Waals surface area contributed by atoms with E-state index in [4.69, 9.17) is 10.1 Å². The van der Waals surface area contributed by atoms with Crippen LogP contribution in [-0.2, 0) is 0 Å². The predicted octanol–water partition coefficient (Wildman–Crippen LogP) is 2.74. The number of benzene rings is 1. The summed E-state index contributed by atoms with van der Waals surface area (Å²) in [7, 11) is 0.889. The first-order valence-electron chi connectivity index (χ1n) is 4.53. The number of nitro groups is 1. The van der Waals surface area contributed by atoms with Gasteiger partial charge in [0.1, 0.15) is 0 Å². The molecule has 3 nitrogen and oxygen atoms in total. The van der Waals surface area contributed by atoms with Gasteiger partial charge in [-0.2, -0.15) is 0 Å². The fourth-order valence-electron chi connectivity index (χ4n) is 1.18. The first-order valence-corrected chi connectivity index (χ1v) is 4.53. The average molecular weight is 215 g/mol. The molecule has 0 spiro atoms. The van der Waals surface area contributed by atoms with Crippen LogP contribution in [0.4, 0.5) is 8.78 Å². The van der Waals surface area contributed by atoms with Crippen molar-refractivity contribution in [2.45, 2.75) is 18.8 Å². The highest BCUT2D eigenvalue weighted by molar-refractivity contribution is 5.24. The fourth-order valence-corrected chi connectivity index (χ4v) is 1.18. The largest absolute Gasteiger partial charge is 0.265 e. The molecule has 1 aliphatic carbocycles. The summed E-state index contributed by atoms with van der Waals surface area (Å²) in [6, 6.07) is 4.16. The maximum Gasteiger partial charge on any atom is 0.194 e. The molecular weight excluding hydrogens is 204 g/mol. The molecule has 82 valence electrons. The van der Waals surface area contributed by atoms with Crippen LogP contribution >= 0.6 is 0 Å². The highest BCUT2D eigenvalue weighted by Gasteiger charge is 2.24. The third kappa shape index (κ3) is 4.01. The number of hydrogen-bond acceptors (Lipinski definition) is 2. The van der Waals surface area contributed by atoms with Gasteiger partial charge >= 0.3 is 0 Å². The molecule has 0 N–H and O–H groups in total. The molecule has 5 heteroatoms. The van der Waals surface area contributed by atoms with Gasteiger partial charge in [0.2, 0.25) is 0 Å². The van der Waals surface area contributed by atoms with Crippen LogP contribution in [0.5, 0.6) is 0 Å². The molecule has 1 aromatic carbocycles. The first kappa shape index (κ1) is 11.6. The van der Waals surface area contributed by atoms with Crippen molar-refractivity contribution in [3.05, 3.63) is 45.5 Å². The van der Waals surface area contributed by atoms with Crippen LogP contribution in [0.1, 0.15) is 24.3 Å². The number of halogens is 2. The van der Waals surface area contributed by atoms with E-state index >= 15 is 0 Å². The molecule has 0 amide bonds. The van der Waals surface area contributed by atoms with Crippen molar-refractivity contribution in [2.75, 3.05) is 7.05 Å². The summed E-state index contributed by atoms with van der Waals surface area (Å²) >= 11 is 0. The molecule has 0 heterocycles. The zero-order valence-electron chi connectivity index (χ0n) is 8.24. The van der Waals surface area contributed by atoms with Gasteiger partial charge in [-0.05, 0) is 36.5 Å². The topological polar surface area (TPSA) is 43.1 Å². The van der Waals surface area contributed by atoms with Crippen LogP contribution in [0.15, 0.2) is 18.2 Å².